The van der Waals surface area contributed by atoms with Gasteiger partial charge in [-0.05, 0) is 59.1 Å². The topological polar surface area (TPSA) is 183 Å². The Morgan fingerprint density at radius 2 is 0.875 bits per heavy atom. The molecule has 4 amide bonds. The van der Waals surface area contributed by atoms with E-state index in [1.54, 1.807) is 24.5 Å². The molecule has 0 spiro atoms. The van der Waals surface area contributed by atoms with Crippen LogP contribution in [0.4, 0.5) is 0 Å². The smallest absolute Gasteiger partial charge is 0.224 e. The third-order valence-electron chi connectivity index (χ3n) is 11.6. The largest absolute Gasteiger partial charge is 0.388 e. The maximum absolute atomic E-state index is 14.0. The van der Waals surface area contributed by atoms with Gasteiger partial charge in [-0.25, -0.2) is 0 Å². The van der Waals surface area contributed by atoms with Crippen molar-refractivity contribution in [3.63, 3.8) is 0 Å². The quantitative estimate of drug-likeness (QED) is 0.0950. The summed E-state index contributed by atoms with van der Waals surface area (Å²) in [4.78, 5) is 63.0. The van der Waals surface area contributed by atoms with Crippen molar-refractivity contribution in [2.45, 2.75) is 77.9 Å². The van der Waals surface area contributed by atoms with Crippen molar-refractivity contribution in [2.24, 2.45) is 34.5 Å². The van der Waals surface area contributed by atoms with Crippen molar-refractivity contribution in [1.82, 2.24) is 31.2 Å². The minimum atomic E-state index is -1.53. The molecule has 2 aromatic heterocycles. The molecular formula is C44H52N6O6. The van der Waals surface area contributed by atoms with Crippen LogP contribution in [0, 0.1) is 34.5 Å². The zero-order chi connectivity index (χ0) is 40.0. The molecule has 56 heavy (non-hydrogen) atoms. The molecule has 2 fully saturated rings. The molecule has 2 aliphatic carbocycles. The van der Waals surface area contributed by atoms with E-state index >= 15 is 0 Å². The number of aliphatic hydroxyl groups excluding tert-OH is 2. The lowest BCUT2D eigenvalue weighted by Crippen LogP contribution is -2.58. The second-order valence-corrected chi connectivity index (χ2v) is 16.2. The Morgan fingerprint density at radius 3 is 1.21 bits per heavy atom. The first-order valence-corrected chi connectivity index (χ1v) is 19.2. The Hall–Kier alpha value is -5.46. The molecule has 2 heterocycles. The van der Waals surface area contributed by atoms with Gasteiger partial charge in [-0.2, -0.15) is 0 Å². The van der Waals surface area contributed by atoms with Crippen molar-refractivity contribution in [3.8, 4) is 0 Å². The standard InChI is InChI=1S/C44H52N6O6/c1-43(2)33(39(53)47-25-29-19-11-13-21-45-29)35(43)41(55)49-31(23-27-15-7-5-8-16-27)37(51)38(52)32(24-28-17-9-6-10-18-28)50-42(56)36-34(44(36,3)4)40(54)48-26-30-20-12-14-22-46-30/h5-22,31-38,51-52H,23-26H2,1-4H3,(H,47,53)(H,48,54)(H,49,55)(H,50,56)/t31-,32-,33+,34+,35+,36+,37+,38+/m0/s1. The lowest BCUT2D eigenvalue weighted by atomic mass is 9.90. The summed E-state index contributed by atoms with van der Waals surface area (Å²) in [6.07, 6.45) is 0.584. The number of pyridine rings is 2. The molecule has 0 radical (unpaired) electrons. The molecule has 2 saturated carbocycles. The number of rotatable bonds is 17. The number of aliphatic hydroxyl groups is 2. The van der Waals surface area contributed by atoms with E-state index in [-0.39, 0.29) is 37.7 Å². The second-order valence-electron chi connectivity index (χ2n) is 16.2. The first kappa shape index (κ1) is 40.2. The van der Waals surface area contributed by atoms with Crippen LogP contribution in [0.2, 0.25) is 0 Å². The van der Waals surface area contributed by atoms with Crippen molar-refractivity contribution in [3.05, 3.63) is 132 Å². The molecule has 6 N–H and O–H groups in total. The van der Waals surface area contributed by atoms with Gasteiger partial charge in [0.25, 0.3) is 0 Å². The molecule has 2 aromatic carbocycles. The third kappa shape index (κ3) is 9.31. The Morgan fingerprint density at radius 1 is 0.536 bits per heavy atom. The molecule has 4 aromatic rings. The van der Waals surface area contributed by atoms with E-state index in [1.807, 2.05) is 113 Å². The van der Waals surface area contributed by atoms with Gasteiger partial charge in [0, 0.05) is 12.4 Å². The summed E-state index contributed by atoms with van der Waals surface area (Å²) in [5.74, 6) is -3.92. The fraction of sp³-hybridized carbons (Fsp3) is 0.409. The van der Waals surface area contributed by atoms with Crippen LogP contribution in [0.25, 0.3) is 0 Å². The average molecular weight is 761 g/mol. The maximum Gasteiger partial charge on any atom is 0.224 e. The minimum Gasteiger partial charge on any atom is -0.388 e. The Balaban J connectivity index is 1.17. The van der Waals surface area contributed by atoms with Gasteiger partial charge >= 0.3 is 0 Å². The second kappa shape index (κ2) is 17.1. The molecular weight excluding hydrogens is 709 g/mol. The number of hydrogen-bond acceptors (Lipinski definition) is 8. The number of amides is 4. The van der Waals surface area contributed by atoms with E-state index in [1.165, 1.54) is 0 Å². The van der Waals surface area contributed by atoms with Crippen LogP contribution in [-0.2, 0) is 45.1 Å². The minimum absolute atomic E-state index is 0.175. The van der Waals surface area contributed by atoms with Gasteiger partial charge in [0.2, 0.25) is 23.6 Å². The number of nitrogens with one attached hydrogen (secondary N) is 4. The highest BCUT2D eigenvalue weighted by Crippen LogP contribution is 2.59. The van der Waals surface area contributed by atoms with E-state index in [0.29, 0.717) is 11.4 Å². The van der Waals surface area contributed by atoms with Gasteiger partial charge < -0.3 is 31.5 Å². The SMILES string of the molecule is CC1(C)[C@@H](C(=O)NCc2ccccn2)[C@@H]1C(=O)N[C@@H](Cc1ccccc1)[C@@H](O)[C@H](O)[C@H](Cc1ccccc1)NC(=O)[C@H]1[C@H](C(=O)NCc2ccccn2)C1(C)C. The van der Waals surface area contributed by atoms with E-state index < -0.39 is 70.6 Å². The maximum atomic E-state index is 14.0. The summed E-state index contributed by atoms with van der Waals surface area (Å²) < 4.78 is 0. The van der Waals surface area contributed by atoms with Crippen LogP contribution < -0.4 is 21.3 Å². The van der Waals surface area contributed by atoms with Crippen molar-refractivity contribution in [2.75, 3.05) is 0 Å². The number of nitrogens with zero attached hydrogens (tertiary/aromatic N) is 2. The van der Waals surface area contributed by atoms with E-state index in [0.717, 1.165) is 11.1 Å². The van der Waals surface area contributed by atoms with Crippen LogP contribution >= 0.6 is 0 Å². The van der Waals surface area contributed by atoms with E-state index in [9.17, 15) is 29.4 Å². The van der Waals surface area contributed by atoms with Gasteiger partial charge in [0.15, 0.2) is 0 Å². The van der Waals surface area contributed by atoms with Crippen LogP contribution in [-0.4, -0.2) is 68.1 Å². The number of carbonyl (C=O) groups is 4. The molecule has 6 rings (SSSR count). The van der Waals surface area contributed by atoms with Crippen LogP contribution in [0.1, 0.15) is 50.2 Å². The first-order chi connectivity index (χ1) is 26.8. The van der Waals surface area contributed by atoms with Gasteiger partial charge in [-0.3, -0.25) is 29.1 Å². The number of aromatic nitrogens is 2. The lowest BCUT2D eigenvalue weighted by Gasteiger charge is -2.33. The summed E-state index contributed by atoms with van der Waals surface area (Å²) >= 11 is 0. The fourth-order valence-electron chi connectivity index (χ4n) is 8.08. The van der Waals surface area contributed by atoms with Gasteiger partial charge in [0.1, 0.15) is 12.2 Å². The van der Waals surface area contributed by atoms with Gasteiger partial charge in [0.05, 0.1) is 60.2 Å². The Kier molecular flexibility index (Phi) is 12.3. The first-order valence-electron chi connectivity index (χ1n) is 19.2. The molecule has 12 heteroatoms. The highest BCUT2D eigenvalue weighted by Gasteiger charge is 2.66. The zero-order valence-electron chi connectivity index (χ0n) is 32.3. The lowest BCUT2D eigenvalue weighted by molar-refractivity contribution is -0.130. The molecule has 0 saturated heterocycles. The number of benzene rings is 2. The summed E-state index contributed by atoms with van der Waals surface area (Å²) in [5.41, 5.74) is 1.71. The van der Waals surface area contributed by atoms with Crippen LogP contribution in [0.5, 0.6) is 0 Å². The summed E-state index contributed by atoms with van der Waals surface area (Å²) in [7, 11) is 0. The predicted octanol–water partition coefficient (Wildman–Crippen LogP) is 3.13. The Bertz CT molecular complexity index is 1820. The highest BCUT2D eigenvalue weighted by atomic mass is 16.3. The average Bonchev–Trinajstić information content (AvgIpc) is 4.01. The number of carbonyl (C=O) groups excluding carboxylic acids is 4. The fourth-order valence-corrected chi connectivity index (χ4v) is 8.08. The monoisotopic (exact) mass is 760 g/mol. The molecule has 0 bridgehead atoms. The Labute approximate surface area is 327 Å². The normalized spacial score (nSPS) is 22.3. The van der Waals surface area contributed by atoms with Gasteiger partial charge in [-0.1, -0.05) is 100 Å². The van der Waals surface area contributed by atoms with Crippen molar-refractivity contribution < 1.29 is 29.4 Å². The highest BCUT2D eigenvalue weighted by molar-refractivity contribution is 5.95. The van der Waals surface area contributed by atoms with E-state index in [2.05, 4.69) is 31.2 Å². The van der Waals surface area contributed by atoms with E-state index in [4.69, 9.17) is 0 Å². The zero-order valence-corrected chi connectivity index (χ0v) is 32.3. The molecule has 0 aliphatic heterocycles. The summed E-state index contributed by atoms with van der Waals surface area (Å²) in [5, 5.41) is 35.7. The van der Waals surface area contributed by atoms with Crippen molar-refractivity contribution in [1.29, 1.82) is 0 Å². The van der Waals surface area contributed by atoms with Crippen molar-refractivity contribution >= 4 is 23.6 Å². The summed E-state index contributed by atoms with van der Waals surface area (Å²) in [6.45, 7) is 7.89. The molecule has 294 valence electrons. The van der Waals surface area contributed by atoms with Crippen LogP contribution in [0.3, 0.4) is 0 Å². The third-order valence-corrected chi connectivity index (χ3v) is 11.6. The van der Waals surface area contributed by atoms with Crippen LogP contribution in [0.15, 0.2) is 109 Å². The molecule has 12 nitrogen and oxygen atoms in total. The predicted molar refractivity (Wildman–Crippen MR) is 210 cm³/mol. The molecule has 8 atom stereocenters. The summed E-state index contributed by atoms with van der Waals surface area (Å²) in [6, 6.07) is 27.5. The van der Waals surface area contributed by atoms with Gasteiger partial charge in [-0.15, -0.1) is 0 Å². The molecule has 2 aliphatic rings. The molecule has 0 unspecified atom stereocenters. The number of hydrogen-bond donors (Lipinski definition) is 6.